The zero-order valence-corrected chi connectivity index (χ0v) is 18.7. The summed E-state index contributed by atoms with van der Waals surface area (Å²) in [4.78, 5) is 26.1. The summed E-state index contributed by atoms with van der Waals surface area (Å²) in [5.41, 5.74) is 2.96. The Kier molecular flexibility index (Phi) is 4.78. The lowest BCUT2D eigenvalue weighted by Crippen LogP contribution is -2.70. The van der Waals surface area contributed by atoms with Gasteiger partial charge in [-0.1, -0.05) is 42.8 Å². The Morgan fingerprint density at radius 3 is 2.77 bits per heavy atom. The van der Waals surface area contributed by atoms with Crippen molar-refractivity contribution in [3.8, 4) is 0 Å². The van der Waals surface area contributed by atoms with Crippen LogP contribution in [0.5, 0.6) is 0 Å². The largest absolute Gasteiger partial charge is 0.362 e. The number of hydrogen-bond acceptors (Lipinski definition) is 3. The third-order valence-electron chi connectivity index (χ3n) is 7.78. The van der Waals surface area contributed by atoms with Crippen molar-refractivity contribution in [2.45, 2.75) is 51.7 Å². The van der Waals surface area contributed by atoms with Crippen LogP contribution in [0, 0.1) is 24.2 Å². The van der Waals surface area contributed by atoms with Gasteiger partial charge in [-0.25, -0.2) is 0 Å². The van der Waals surface area contributed by atoms with Crippen LogP contribution >= 0.6 is 11.6 Å². The minimum atomic E-state index is -0.478. The van der Waals surface area contributed by atoms with Gasteiger partial charge in [0.15, 0.2) is 0 Å². The summed E-state index contributed by atoms with van der Waals surface area (Å²) >= 11 is 6.34. The molecule has 1 heterocycles. The van der Waals surface area contributed by atoms with E-state index in [1.165, 1.54) is 0 Å². The lowest BCUT2D eigenvalue weighted by molar-refractivity contribution is -0.139. The van der Waals surface area contributed by atoms with Gasteiger partial charge >= 0.3 is 0 Å². The van der Waals surface area contributed by atoms with Crippen LogP contribution in [0.2, 0.25) is 5.02 Å². The van der Waals surface area contributed by atoms with E-state index in [0.717, 1.165) is 42.5 Å². The zero-order chi connectivity index (χ0) is 21.8. The molecule has 3 N–H and O–H groups in total. The molecule has 6 heteroatoms. The average molecular weight is 438 g/mol. The Balaban J connectivity index is 1.35. The highest BCUT2D eigenvalue weighted by Gasteiger charge is 2.60. The Hall–Kier alpha value is -2.53. The summed E-state index contributed by atoms with van der Waals surface area (Å²) < 4.78 is 0. The number of amides is 2. The summed E-state index contributed by atoms with van der Waals surface area (Å²) in [5, 5.41) is 10.8. The van der Waals surface area contributed by atoms with E-state index in [2.05, 4.69) is 22.9 Å². The molecule has 4 aliphatic rings. The second kappa shape index (κ2) is 7.27. The Morgan fingerprint density at radius 1 is 1.19 bits per heavy atom. The van der Waals surface area contributed by atoms with Crippen LogP contribution in [0.1, 0.15) is 54.1 Å². The van der Waals surface area contributed by atoms with Crippen molar-refractivity contribution in [3.05, 3.63) is 64.2 Å². The second-order valence-electron chi connectivity index (χ2n) is 9.70. The first-order chi connectivity index (χ1) is 14.8. The van der Waals surface area contributed by atoms with Crippen molar-refractivity contribution in [1.29, 1.82) is 0 Å². The fourth-order valence-corrected chi connectivity index (χ4v) is 6.33. The minimum Gasteiger partial charge on any atom is -0.362 e. The summed E-state index contributed by atoms with van der Waals surface area (Å²) in [6.45, 7) is 4.65. The van der Waals surface area contributed by atoms with Crippen molar-refractivity contribution < 1.29 is 9.59 Å². The van der Waals surface area contributed by atoms with Gasteiger partial charge in [-0.2, -0.15) is 0 Å². The smallest absolute Gasteiger partial charge is 0.255 e. The van der Waals surface area contributed by atoms with Gasteiger partial charge in [0.05, 0.1) is 5.56 Å². The highest BCUT2D eigenvalue weighted by Crippen LogP contribution is 2.58. The van der Waals surface area contributed by atoms with E-state index >= 15 is 0 Å². The molecule has 4 atom stereocenters. The summed E-state index contributed by atoms with van der Waals surface area (Å²) in [6, 6.07) is 13.4. The number of halogens is 1. The molecule has 1 aliphatic heterocycles. The van der Waals surface area contributed by atoms with Crippen LogP contribution < -0.4 is 16.0 Å². The molecule has 2 aromatic rings. The molecule has 0 aromatic heterocycles. The van der Waals surface area contributed by atoms with Gasteiger partial charge in [-0.3, -0.25) is 9.59 Å². The molecule has 2 amide bonds. The van der Waals surface area contributed by atoms with Crippen molar-refractivity contribution >= 4 is 29.1 Å². The topological polar surface area (TPSA) is 70.2 Å². The normalized spacial score (nSPS) is 31.0. The molecule has 3 fully saturated rings. The minimum absolute atomic E-state index is 0.0271. The summed E-state index contributed by atoms with van der Waals surface area (Å²) in [7, 11) is 0. The van der Waals surface area contributed by atoms with Gasteiger partial charge < -0.3 is 16.0 Å². The van der Waals surface area contributed by atoms with Crippen LogP contribution in [0.25, 0.3) is 0 Å². The van der Waals surface area contributed by atoms with Gasteiger partial charge in [0.25, 0.3) is 5.91 Å². The first-order valence-electron chi connectivity index (χ1n) is 11.0. The van der Waals surface area contributed by atoms with Crippen molar-refractivity contribution in [2.75, 3.05) is 5.32 Å². The fraction of sp³-hybridized carbons (Fsp3) is 0.440. The number of anilines is 1. The predicted molar refractivity (Wildman–Crippen MR) is 122 cm³/mol. The maximum absolute atomic E-state index is 13.3. The van der Waals surface area contributed by atoms with Crippen molar-refractivity contribution in [2.24, 2.45) is 17.3 Å². The maximum atomic E-state index is 13.3. The number of carbonyl (C=O) groups excluding carboxylic acids is 2. The number of carbonyl (C=O) groups is 2. The van der Waals surface area contributed by atoms with Crippen LogP contribution in [-0.4, -0.2) is 17.5 Å². The molecular formula is C25H28ClN3O2. The standard InChI is InChI=1S/C25H28ClN3O2/c1-15-6-5-8-20(26)18(15)13-27-23(31)19-12-16-10-11-24(19,2)14-25(16)28-21-9-4-3-7-17(21)22(30)29-25/h3-9,16,19,28H,10-14H2,1-2H3,(H,27,31)(H,29,30)/t16-,19-,24-,25+/m1/s1. The Bertz CT molecular complexity index is 1050. The highest BCUT2D eigenvalue weighted by molar-refractivity contribution is 6.31. The molecule has 3 aliphatic carbocycles. The molecule has 0 saturated heterocycles. The molecule has 3 saturated carbocycles. The van der Waals surface area contributed by atoms with Gasteiger partial charge in [0.1, 0.15) is 5.66 Å². The van der Waals surface area contributed by atoms with E-state index in [0.29, 0.717) is 17.1 Å². The molecule has 6 rings (SSSR count). The number of rotatable bonds is 3. The van der Waals surface area contributed by atoms with Gasteiger partial charge in [0.2, 0.25) is 5.91 Å². The molecule has 2 bridgehead atoms. The first kappa shape index (κ1) is 20.4. The van der Waals surface area contributed by atoms with Crippen LogP contribution in [0.3, 0.4) is 0 Å². The van der Waals surface area contributed by atoms with Crippen molar-refractivity contribution in [1.82, 2.24) is 10.6 Å². The summed E-state index contributed by atoms with van der Waals surface area (Å²) in [6.07, 6.45) is 3.49. The molecule has 162 valence electrons. The number of para-hydroxylation sites is 1. The van der Waals surface area contributed by atoms with Gasteiger partial charge in [0, 0.05) is 29.1 Å². The first-order valence-corrected chi connectivity index (χ1v) is 11.4. The molecular weight excluding hydrogens is 410 g/mol. The molecule has 0 radical (unpaired) electrons. The average Bonchev–Trinajstić information content (AvgIpc) is 2.73. The number of fused-ring (bicyclic) bond motifs is 3. The number of aryl methyl sites for hydroxylation is 1. The fourth-order valence-electron chi connectivity index (χ4n) is 6.04. The van der Waals surface area contributed by atoms with E-state index in [1.54, 1.807) is 0 Å². The SMILES string of the molecule is Cc1cccc(Cl)c1CNC(=O)[C@H]1C[C@H]2CC[C@]1(C)C[C@]21NC(=O)c2ccccc2N1. The molecule has 1 spiro atoms. The Morgan fingerprint density at radius 2 is 2.00 bits per heavy atom. The quantitative estimate of drug-likeness (QED) is 0.655. The predicted octanol–water partition coefficient (Wildman–Crippen LogP) is 4.64. The van der Waals surface area contributed by atoms with E-state index < -0.39 is 5.66 Å². The van der Waals surface area contributed by atoms with E-state index in [-0.39, 0.29) is 29.1 Å². The highest BCUT2D eigenvalue weighted by atomic mass is 35.5. The van der Waals surface area contributed by atoms with E-state index in [1.807, 2.05) is 49.4 Å². The van der Waals surface area contributed by atoms with E-state index in [4.69, 9.17) is 11.6 Å². The number of benzene rings is 2. The summed E-state index contributed by atoms with van der Waals surface area (Å²) in [5.74, 6) is 0.199. The molecule has 0 unspecified atom stereocenters. The van der Waals surface area contributed by atoms with Crippen LogP contribution in [0.15, 0.2) is 42.5 Å². The Labute approximate surface area is 187 Å². The van der Waals surface area contributed by atoms with Gasteiger partial charge in [-0.15, -0.1) is 0 Å². The zero-order valence-electron chi connectivity index (χ0n) is 17.9. The monoisotopic (exact) mass is 437 g/mol. The van der Waals surface area contributed by atoms with Crippen LogP contribution in [-0.2, 0) is 11.3 Å². The third kappa shape index (κ3) is 3.30. The molecule has 2 aromatic carbocycles. The second-order valence-corrected chi connectivity index (χ2v) is 10.1. The maximum Gasteiger partial charge on any atom is 0.255 e. The van der Waals surface area contributed by atoms with Gasteiger partial charge in [-0.05, 0) is 67.3 Å². The van der Waals surface area contributed by atoms with Crippen LogP contribution in [0.4, 0.5) is 5.69 Å². The number of nitrogens with one attached hydrogen (secondary N) is 3. The number of hydrogen-bond donors (Lipinski definition) is 3. The lowest BCUT2D eigenvalue weighted by atomic mass is 9.51. The lowest BCUT2D eigenvalue weighted by Gasteiger charge is -2.60. The molecule has 5 nitrogen and oxygen atoms in total. The van der Waals surface area contributed by atoms with Crippen molar-refractivity contribution in [3.63, 3.8) is 0 Å². The van der Waals surface area contributed by atoms with E-state index in [9.17, 15) is 9.59 Å². The molecule has 31 heavy (non-hydrogen) atoms. The third-order valence-corrected chi connectivity index (χ3v) is 8.13.